The summed E-state index contributed by atoms with van der Waals surface area (Å²) in [4.78, 5) is 5.15. The first-order valence-electron chi connectivity index (χ1n) is 6.18. The van der Waals surface area contributed by atoms with Crippen molar-refractivity contribution >= 4 is 26.7 Å². The minimum atomic E-state index is -4.55. The third-order valence-electron chi connectivity index (χ3n) is 3.41. The van der Waals surface area contributed by atoms with Gasteiger partial charge in [-0.25, -0.2) is 12.7 Å². The zero-order valence-corrected chi connectivity index (χ0v) is 13.1. The Balaban J connectivity index is 2.02. The summed E-state index contributed by atoms with van der Waals surface area (Å²) in [7, 11) is -1.56. The first-order valence-corrected chi connectivity index (χ1v) is 8.80. The quantitative estimate of drug-likeness (QED) is 0.830. The topological polar surface area (TPSA) is 66.4 Å². The van der Waals surface area contributed by atoms with Crippen LogP contribution in [0.5, 0.6) is 0 Å². The average Bonchev–Trinajstić information content (AvgIpc) is 2.86. The van der Waals surface area contributed by atoms with E-state index in [0.717, 1.165) is 6.26 Å². The predicted octanol–water partition coefficient (Wildman–Crippen LogP) is 1.42. The van der Waals surface area contributed by atoms with Gasteiger partial charge in [0, 0.05) is 37.7 Å². The number of hydrogen-bond donors (Lipinski definition) is 0. The normalized spacial score (nSPS) is 18.9. The van der Waals surface area contributed by atoms with E-state index in [0.29, 0.717) is 37.5 Å². The lowest BCUT2D eigenvalue weighted by Gasteiger charge is -2.35. The Labute approximate surface area is 124 Å². The maximum absolute atomic E-state index is 12.5. The fraction of sp³-hybridized carbons (Fsp3) is 0.800. The van der Waals surface area contributed by atoms with E-state index in [1.54, 1.807) is 11.9 Å². The molecule has 0 spiro atoms. The second kappa shape index (κ2) is 5.69. The SMILES string of the molecule is CN(c1nc(C(F)(F)F)ns1)C1CCN(S(C)(=O)=O)CC1. The van der Waals surface area contributed by atoms with Crippen LogP contribution in [0.2, 0.25) is 0 Å². The molecule has 0 bridgehead atoms. The lowest BCUT2D eigenvalue weighted by atomic mass is 10.1. The third-order valence-corrected chi connectivity index (χ3v) is 5.52. The van der Waals surface area contributed by atoms with Crippen molar-refractivity contribution in [2.75, 3.05) is 31.3 Å². The Morgan fingerprint density at radius 3 is 2.33 bits per heavy atom. The number of halogens is 3. The van der Waals surface area contributed by atoms with Crippen LogP contribution in [-0.2, 0) is 16.2 Å². The molecule has 0 radical (unpaired) electrons. The molecule has 2 rings (SSSR count). The first kappa shape index (κ1) is 16.4. The lowest BCUT2D eigenvalue weighted by molar-refractivity contribution is -0.144. The molecule has 0 amide bonds. The summed E-state index contributed by atoms with van der Waals surface area (Å²) in [6.07, 6.45) is -2.30. The van der Waals surface area contributed by atoms with Gasteiger partial charge in [0.15, 0.2) is 0 Å². The molecule has 0 aromatic carbocycles. The third kappa shape index (κ3) is 3.83. The molecule has 120 valence electrons. The van der Waals surface area contributed by atoms with Crippen LogP contribution < -0.4 is 4.90 Å². The van der Waals surface area contributed by atoms with E-state index in [4.69, 9.17) is 0 Å². The van der Waals surface area contributed by atoms with Gasteiger partial charge in [0.2, 0.25) is 21.0 Å². The van der Waals surface area contributed by atoms with Crippen LogP contribution in [0.3, 0.4) is 0 Å². The van der Waals surface area contributed by atoms with Gasteiger partial charge in [-0.2, -0.15) is 22.5 Å². The highest BCUT2D eigenvalue weighted by Crippen LogP contribution is 2.31. The summed E-state index contributed by atoms with van der Waals surface area (Å²) in [5, 5.41) is 0.195. The Kier molecular flexibility index (Phi) is 4.45. The van der Waals surface area contributed by atoms with Gasteiger partial charge in [-0.3, -0.25) is 0 Å². The predicted molar refractivity (Wildman–Crippen MR) is 72.8 cm³/mol. The van der Waals surface area contributed by atoms with Crippen LogP contribution in [0, 0.1) is 0 Å². The second-order valence-electron chi connectivity index (χ2n) is 4.90. The number of rotatable bonds is 3. The number of nitrogens with zero attached hydrogens (tertiary/aromatic N) is 4. The van der Waals surface area contributed by atoms with E-state index >= 15 is 0 Å². The maximum Gasteiger partial charge on any atom is 0.452 e. The summed E-state index contributed by atoms with van der Waals surface area (Å²) in [6.45, 7) is 0.720. The molecular formula is C10H15F3N4O2S2. The van der Waals surface area contributed by atoms with Gasteiger partial charge in [0.05, 0.1) is 6.26 Å². The van der Waals surface area contributed by atoms with Crippen LogP contribution in [-0.4, -0.2) is 54.5 Å². The van der Waals surface area contributed by atoms with E-state index in [2.05, 4.69) is 9.36 Å². The van der Waals surface area contributed by atoms with Gasteiger partial charge < -0.3 is 4.90 Å². The Bertz CT molecular complexity index is 594. The summed E-state index contributed by atoms with van der Waals surface area (Å²) in [5.74, 6) is -1.14. The fourth-order valence-corrected chi connectivity index (χ4v) is 3.78. The zero-order chi connectivity index (χ0) is 15.8. The molecule has 0 aliphatic carbocycles. The number of piperidine rings is 1. The number of anilines is 1. The van der Waals surface area contributed by atoms with Gasteiger partial charge in [-0.1, -0.05) is 0 Å². The fourth-order valence-electron chi connectivity index (χ4n) is 2.19. The smallest absolute Gasteiger partial charge is 0.347 e. The Morgan fingerprint density at radius 2 is 1.90 bits per heavy atom. The molecule has 0 unspecified atom stereocenters. The first-order chi connectivity index (χ1) is 9.59. The van der Waals surface area contributed by atoms with E-state index in [9.17, 15) is 21.6 Å². The molecular weight excluding hydrogens is 329 g/mol. The van der Waals surface area contributed by atoms with Gasteiger partial charge in [0.1, 0.15) is 0 Å². The van der Waals surface area contributed by atoms with Gasteiger partial charge in [-0.05, 0) is 12.8 Å². The van der Waals surface area contributed by atoms with Gasteiger partial charge in [0.25, 0.3) is 0 Å². The van der Waals surface area contributed by atoms with E-state index in [-0.39, 0.29) is 11.2 Å². The largest absolute Gasteiger partial charge is 0.452 e. The van der Waals surface area contributed by atoms with Crippen LogP contribution in [0.15, 0.2) is 0 Å². The molecule has 1 fully saturated rings. The minimum Gasteiger partial charge on any atom is -0.347 e. The summed E-state index contributed by atoms with van der Waals surface area (Å²) >= 11 is 0.697. The van der Waals surface area contributed by atoms with E-state index in [1.165, 1.54) is 4.31 Å². The second-order valence-corrected chi connectivity index (χ2v) is 7.62. The zero-order valence-electron chi connectivity index (χ0n) is 11.5. The number of aromatic nitrogens is 2. The van der Waals surface area contributed by atoms with E-state index < -0.39 is 22.0 Å². The molecule has 21 heavy (non-hydrogen) atoms. The molecule has 0 atom stereocenters. The van der Waals surface area contributed by atoms with Crippen molar-refractivity contribution in [3.63, 3.8) is 0 Å². The molecule has 1 aliphatic heterocycles. The van der Waals surface area contributed by atoms with Crippen molar-refractivity contribution < 1.29 is 21.6 Å². The Hall–Kier alpha value is -0.940. The van der Waals surface area contributed by atoms with Crippen molar-refractivity contribution in [1.29, 1.82) is 0 Å². The van der Waals surface area contributed by atoms with Crippen LogP contribution >= 0.6 is 11.5 Å². The number of hydrogen-bond acceptors (Lipinski definition) is 6. The summed E-state index contributed by atoms with van der Waals surface area (Å²) in [5.41, 5.74) is 0. The number of sulfonamides is 1. The standard InChI is InChI=1S/C10H15F3N4O2S2/c1-16(9-14-8(15-20-9)10(11,12)13)7-3-5-17(6-4-7)21(2,18)19/h7H,3-6H2,1-2H3. The van der Waals surface area contributed by atoms with Gasteiger partial charge in [-0.15, -0.1) is 0 Å². The molecule has 11 heteroatoms. The van der Waals surface area contributed by atoms with Crippen LogP contribution in [0.4, 0.5) is 18.3 Å². The highest BCUT2D eigenvalue weighted by Gasteiger charge is 2.37. The molecule has 1 aromatic rings. The highest BCUT2D eigenvalue weighted by molar-refractivity contribution is 7.88. The molecule has 1 saturated heterocycles. The van der Waals surface area contributed by atoms with Crippen molar-refractivity contribution in [3.8, 4) is 0 Å². The van der Waals surface area contributed by atoms with Crippen LogP contribution in [0.1, 0.15) is 18.7 Å². The van der Waals surface area contributed by atoms with Crippen molar-refractivity contribution in [1.82, 2.24) is 13.7 Å². The Morgan fingerprint density at radius 1 is 1.33 bits per heavy atom. The molecule has 1 aromatic heterocycles. The molecule has 6 nitrogen and oxygen atoms in total. The molecule has 0 N–H and O–H groups in total. The van der Waals surface area contributed by atoms with E-state index in [1.807, 2.05) is 0 Å². The minimum absolute atomic E-state index is 0.0444. The molecule has 2 heterocycles. The lowest BCUT2D eigenvalue weighted by Crippen LogP contribution is -2.45. The van der Waals surface area contributed by atoms with Crippen molar-refractivity contribution in [2.24, 2.45) is 0 Å². The monoisotopic (exact) mass is 344 g/mol. The summed E-state index contributed by atoms with van der Waals surface area (Å²) < 4.78 is 65.0. The maximum atomic E-state index is 12.5. The molecule has 0 saturated carbocycles. The van der Waals surface area contributed by atoms with Crippen LogP contribution in [0.25, 0.3) is 0 Å². The number of alkyl halides is 3. The highest BCUT2D eigenvalue weighted by atomic mass is 32.2. The van der Waals surface area contributed by atoms with Crippen molar-refractivity contribution in [2.45, 2.75) is 25.1 Å². The van der Waals surface area contributed by atoms with Crippen molar-refractivity contribution in [3.05, 3.63) is 5.82 Å². The average molecular weight is 344 g/mol. The van der Waals surface area contributed by atoms with Gasteiger partial charge >= 0.3 is 6.18 Å². The molecule has 1 aliphatic rings. The summed E-state index contributed by atoms with van der Waals surface area (Å²) in [6, 6.07) is -0.0444.